The molecule has 0 aromatic heterocycles. The van der Waals surface area contributed by atoms with Crippen molar-refractivity contribution in [3.63, 3.8) is 0 Å². The first-order valence-corrected chi connectivity index (χ1v) is 8.92. The van der Waals surface area contributed by atoms with Gasteiger partial charge in [-0.1, -0.05) is 6.92 Å². The van der Waals surface area contributed by atoms with Gasteiger partial charge in [0, 0.05) is 22.6 Å². The molecule has 3 rings (SSSR count). The number of aliphatic hydroxyl groups is 1. The SMILES string of the molecule is Cc1cc(C(=O)C2C(=O)CCCC2O)c(C)c2c1SCC2C. The van der Waals surface area contributed by atoms with E-state index >= 15 is 0 Å². The highest BCUT2D eigenvalue weighted by Crippen LogP contribution is 2.44. The first-order chi connectivity index (χ1) is 10.4. The number of thioether (sulfide) groups is 1. The van der Waals surface area contributed by atoms with Crippen LogP contribution < -0.4 is 0 Å². The summed E-state index contributed by atoms with van der Waals surface area (Å²) in [5.74, 6) is 0.306. The minimum Gasteiger partial charge on any atom is -0.392 e. The lowest BCUT2D eigenvalue weighted by Crippen LogP contribution is -2.39. The molecular formula is C18H22O3S. The van der Waals surface area contributed by atoms with Crippen LogP contribution >= 0.6 is 11.8 Å². The topological polar surface area (TPSA) is 54.4 Å². The van der Waals surface area contributed by atoms with Crippen molar-refractivity contribution in [3.05, 3.63) is 28.3 Å². The third-order valence-electron chi connectivity index (χ3n) is 4.94. The Bertz CT molecular complexity index is 650. The van der Waals surface area contributed by atoms with Crippen molar-refractivity contribution in [1.82, 2.24) is 0 Å². The lowest BCUT2D eigenvalue weighted by atomic mass is 9.78. The fraction of sp³-hybridized carbons (Fsp3) is 0.556. The predicted molar refractivity (Wildman–Crippen MR) is 87.7 cm³/mol. The lowest BCUT2D eigenvalue weighted by Gasteiger charge is -2.26. The van der Waals surface area contributed by atoms with Crippen molar-refractivity contribution in [2.75, 3.05) is 5.75 Å². The van der Waals surface area contributed by atoms with E-state index in [9.17, 15) is 14.7 Å². The number of carbonyl (C=O) groups is 2. The van der Waals surface area contributed by atoms with Crippen LogP contribution in [0.15, 0.2) is 11.0 Å². The molecule has 4 heteroatoms. The molecule has 1 saturated carbocycles. The number of ketones is 2. The summed E-state index contributed by atoms with van der Waals surface area (Å²) < 4.78 is 0. The highest BCUT2D eigenvalue weighted by Gasteiger charge is 2.38. The van der Waals surface area contributed by atoms with Gasteiger partial charge in [-0.25, -0.2) is 0 Å². The van der Waals surface area contributed by atoms with Crippen LogP contribution in [0.4, 0.5) is 0 Å². The van der Waals surface area contributed by atoms with E-state index in [0.29, 0.717) is 30.7 Å². The molecule has 1 fully saturated rings. The molecule has 1 aliphatic carbocycles. The largest absolute Gasteiger partial charge is 0.392 e. The molecule has 1 heterocycles. The zero-order valence-electron chi connectivity index (χ0n) is 13.3. The fourth-order valence-electron chi connectivity index (χ4n) is 3.76. The molecule has 0 saturated heterocycles. The average Bonchev–Trinajstić information content (AvgIpc) is 2.85. The molecule has 3 unspecified atom stereocenters. The van der Waals surface area contributed by atoms with Crippen LogP contribution in [0.3, 0.4) is 0 Å². The molecule has 1 aromatic rings. The maximum Gasteiger partial charge on any atom is 0.176 e. The second kappa shape index (κ2) is 5.82. The number of hydrogen-bond donors (Lipinski definition) is 1. The number of fused-ring (bicyclic) bond motifs is 1. The molecule has 1 aromatic carbocycles. The Balaban J connectivity index is 2.05. The number of rotatable bonds is 2. The van der Waals surface area contributed by atoms with Gasteiger partial charge in [-0.05, 0) is 55.4 Å². The number of carbonyl (C=O) groups excluding carboxylic acids is 2. The minimum atomic E-state index is -0.866. The van der Waals surface area contributed by atoms with Gasteiger partial charge in [0.15, 0.2) is 5.78 Å². The van der Waals surface area contributed by atoms with Gasteiger partial charge in [0.1, 0.15) is 11.7 Å². The van der Waals surface area contributed by atoms with E-state index in [0.717, 1.165) is 16.9 Å². The van der Waals surface area contributed by atoms with Crippen molar-refractivity contribution in [2.24, 2.45) is 5.92 Å². The van der Waals surface area contributed by atoms with E-state index < -0.39 is 12.0 Å². The summed E-state index contributed by atoms with van der Waals surface area (Å²) in [6.45, 7) is 6.19. The smallest absolute Gasteiger partial charge is 0.176 e. The second-order valence-corrected chi connectivity index (χ2v) is 7.62. The molecular weight excluding hydrogens is 296 g/mol. The van der Waals surface area contributed by atoms with E-state index in [-0.39, 0.29) is 11.6 Å². The van der Waals surface area contributed by atoms with Crippen LogP contribution in [0.1, 0.15) is 59.2 Å². The van der Waals surface area contributed by atoms with Crippen molar-refractivity contribution in [2.45, 2.75) is 57.0 Å². The van der Waals surface area contributed by atoms with Crippen LogP contribution in [0.25, 0.3) is 0 Å². The number of hydrogen-bond acceptors (Lipinski definition) is 4. The normalized spacial score (nSPS) is 27.8. The summed E-state index contributed by atoms with van der Waals surface area (Å²) in [5, 5.41) is 10.1. The Kier molecular flexibility index (Phi) is 4.17. The number of aryl methyl sites for hydroxylation is 1. The van der Waals surface area contributed by atoms with E-state index in [4.69, 9.17) is 0 Å². The standard InChI is InChI=1S/C18H22O3S/c1-9-7-12(11(3)15-10(2)8-22-18(9)15)17(21)16-13(19)5-4-6-14(16)20/h7,10,13,16,19H,4-6,8H2,1-3H3. The first-order valence-electron chi connectivity index (χ1n) is 7.93. The maximum absolute atomic E-state index is 12.9. The summed E-state index contributed by atoms with van der Waals surface area (Å²) in [5.41, 5.74) is 3.99. The highest BCUT2D eigenvalue weighted by atomic mass is 32.2. The van der Waals surface area contributed by atoms with E-state index in [2.05, 4.69) is 6.92 Å². The number of aliphatic hydroxyl groups excluding tert-OH is 1. The average molecular weight is 318 g/mol. The van der Waals surface area contributed by atoms with Crippen LogP contribution in [0.2, 0.25) is 0 Å². The Morgan fingerprint density at radius 3 is 2.77 bits per heavy atom. The molecule has 118 valence electrons. The zero-order valence-corrected chi connectivity index (χ0v) is 14.1. The van der Waals surface area contributed by atoms with Gasteiger partial charge in [0.25, 0.3) is 0 Å². The fourth-order valence-corrected chi connectivity index (χ4v) is 5.14. The Morgan fingerprint density at radius 2 is 2.09 bits per heavy atom. The monoisotopic (exact) mass is 318 g/mol. The van der Waals surface area contributed by atoms with Gasteiger partial charge in [-0.3, -0.25) is 9.59 Å². The summed E-state index contributed by atoms with van der Waals surface area (Å²) in [6.07, 6.45) is 0.799. The van der Waals surface area contributed by atoms with Gasteiger partial charge in [0.05, 0.1) is 6.10 Å². The quantitative estimate of drug-likeness (QED) is 0.670. The Morgan fingerprint density at radius 1 is 1.36 bits per heavy atom. The molecule has 3 nitrogen and oxygen atoms in total. The molecule has 1 N–H and O–H groups in total. The van der Waals surface area contributed by atoms with Crippen molar-refractivity contribution in [1.29, 1.82) is 0 Å². The van der Waals surface area contributed by atoms with Gasteiger partial charge in [-0.15, -0.1) is 11.8 Å². The third kappa shape index (κ3) is 2.42. The number of Topliss-reactive ketones (excluding diaryl/α,β-unsaturated/α-hetero) is 2. The third-order valence-corrected chi connectivity index (χ3v) is 6.44. The predicted octanol–water partition coefficient (Wildman–Crippen LogP) is 3.43. The summed E-state index contributed by atoms with van der Waals surface area (Å²) >= 11 is 1.85. The molecule has 3 atom stereocenters. The summed E-state index contributed by atoms with van der Waals surface area (Å²) in [7, 11) is 0. The Labute approximate surface area is 135 Å². The molecule has 0 radical (unpaired) electrons. The van der Waals surface area contributed by atoms with Crippen molar-refractivity contribution in [3.8, 4) is 0 Å². The molecule has 1 aliphatic heterocycles. The summed E-state index contributed by atoms with van der Waals surface area (Å²) in [6, 6.07) is 1.91. The van der Waals surface area contributed by atoms with Crippen LogP contribution in [0, 0.1) is 19.8 Å². The zero-order chi connectivity index (χ0) is 16.0. The minimum absolute atomic E-state index is 0.108. The molecule has 22 heavy (non-hydrogen) atoms. The maximum atomic E-state index is 12.9. The Hall–Kier alpha value is -1.13. The van der Waals surface area contributed by atoms with Crippen LogP contribution in [-0.2, 0) is 4.79 Å². The van der Waals surface area contributed by atoms with E-state index in [1.807, 2.05) is 31.7 Å². The number of benzene rings is 1. The van der Waals surface area contributed by atoms with Gasteiger partial charge < -0.3 is 5.11 Å². The lowest BCUT2D eigenvalue weighted by molar-refractivity contribution is -0.126. The van der Waals surface area contributed by atoms with Gasteiger partial charge in [0.2, 0.25) is 0 Å². The molecule has 0 bridgehead atoms. The van der Waals surface area contributed by atoms with E-state index in [1.54, 1.807) is 0 Å². The van der Waals surface area contributed by atoms with Crippen molar-refractivity contribution >= 4 is 23.3 Å². The van der Waals surface area contributed by atoms with E-state index in [1.165, 1.54) is 10.5 Å². The van der Waals surface area contributed by atoms with Crippen LogP contribution in [0.5, 0.6) is 0 Å². The van der Waals surface area contributed by atoms with Crippen molar-refractivity contribution < 1.29 is 14.7 Å². The highest BCUT2D eigenvalue weighted by molar-refractivity contribution is 7.99. The van der Waals surface area contributed by atoms with Gasteiger partial charge in [-0.2, -0.15) is 0 Å². The van der Waals surface area contributed by atoms with Gasteiger partial charge >= 0.3 is 0 Å². The first kappa shape index (κ1) is 15.8. The second-order valence-electron chi connectivity index (χ2n) is 6.59. The molecule has 0 spiro atoms. The summed E-state index contributed by atoms with van der Waals surface area (Å²) in [4.78, 5) is 26.3. The molecule has 0 amide bonds. The molecule has 2 aliphatic rings. The van der Waals surface area contributed by atoms with Crippen LogP contribution in [-0.4, -0.2) is 28.5 Å².